The van der Waals surface area contributed by atoms with Crippen LogP contribution < -0.4 is 4.90 Å². The van der Waals surface area contributed by atoms with Crippen LogP contribution in [0.2, 0.25) is 0 Å². The van der Waals surface area contributed by atoms with E-state index in [-0.39, 0.29) is 18.0 Å². The lowest BCUT2D eigenvalue weighted by molar-refractivity contribution is 0.175. The lowest BCUT2D eigenvalue weighted by Crippen LogP contribution is -2.33. The third-order valence-corrected chi connectivity index (χ3v) is 3.00. The van der Waals surface area contributed by atoms with Gasteiger partial charge >= 0.3 is 0 Å². The van der Waals surface area contributed by atoms with Crippen molar-refractivity contribution in [3.8, 4) is 0 Å². The highest BCUT2D eigenvalue weighted by Crippen LogP contribution is 2.28. The Kier molecular flexibility index (Phi) is 3.39. The molecule has 1 fully saturated rings. The number of hydrogen-bond donors (Lipinski definition) is 1. The molecule has 1 aliphatic rings. The average Bonchev–Trinajstić information content (AvgIpc) is 2.66. The first-order valence-corrected chi connectivity index (χ1v) is 5.73. The van der Waals surface area contributed by atoms with E-state index in [0.717, 1.165) is 19.4 Å². The molecule has 0 saturated carbocycles. The van der Waals surface area contributed by atoms with Crippen LogP contribution >= 0.6 is 0 Å². The number of rotatable bonds is 3. The van der Waals surface area contributed by atoms with Crippen molar-refractivity contribution in [1.29, 1.82) is 0 Å². The molecule has 16 heavy (non-hydrogen) atoms. The van der Waals surface area contributed by atoms with Crippen molar-refractivity contribution >= 4 is 5.82 Å². The second-order valence-corrected chi connectivity index (χ2v) is 4.38. The number of hydrogen-bond acceptors (Lipinski definition) is 3. The van der Waals surface area contributed by atoms with E-state index in [1.54, 1.807) is 19.2 Å². The highest BCUT2D eigenvalue weighted by Gasteiger charge is 2.28. The van der Waals surface area contributed by atoms with E-state index in [4.69, 9.17) is 0 Å². The molecule has 2 rings (SSSR count). The molecule has 0 spiro atoms. The number of aliphatic hydroxyl groups is 1. The van der Waals surface area contributed by atoms with Crippen LogP contribution in [0.1, 0.15) is 26.2 Å². The molecule has 0 bridgehead atoms. The molecule has 0 aromatic carbocycles. The van der Waals surface area contributed by atoms with Crippen LogP contribution in [0.25, 0.3) is 0 Å². The Bertz CT molecular complexity index is 357. The summed E-state index contributed by atoms with van der Waals surface area (Å²) in [5.74, 6) is 0.144. The van der Waals surface area contributed by atoms with Crippen LogP contribution in [-0.2, 0) is 0 Å². The van der Waals surface area contributed by atoms with E-state index in [9.17, 15) is 9.50 Å². The summed E-state index contributed by atoms with van der Waals surface area (Å²) in [6.07, 6.45) is 3.97. The first-order chi connectivity index (χ1) is 7.68. The number of aromatic nitrogens is 1. The van der Waals surface area contributed by atoms with Gasteiger partial charge in [-0.25, -0.2) is 9.37 Å². The molecule has 88 valence electrons. The van der Waals surface area contributed by atoms with Crippen LogP contribution in [0.4, 0.5) is 10.2 Å². The molecule has 1 saturated heterocycles. The van der Waals surface area contributed by atoms with E-state index < -0.39 is 0 Å². The fourth-order valence-electron chi connectivity index (χ4n) is 2.34. The maximum Gasteiger partial charge on any atom is 0.165 e. The number of pyridine rings is 1. The van der Waals surface area contributed by atoms with Crippen molar-refractivity contribution in [1.82, 2.24) is 4.98 Å². The SMILES string of the molecule is CC(O)CC1CCCN1c1ncccc1F. The summed E-state index contributed by atoms with van der Waals surface area (Å²) in [7, 11) is 0. The third-order valence-electron chi connectivity index (χ3n) is 3.00. The predicted octanol–water partition coefficient (Wildman–Crippen LogP) is 1.96. The van der Waals surface area contributed by atoms with Crippen molar-refractivity contribution in [3.05, 3.63) is 24.1 Å². The van der Waals surface area contributed by atoms with Crippen LogP contribution in [-0.4, -0.2) is 28.8 Å². The normalized spacial score (nSPS) is 22.4. The summed E-state index contributed by atoms with van der Waals surface area (Å²) in [6, 6.07) is 3.24. The first kappa shape index (κ1) is 11.3. The molecule has 3 nitrogen and oxygen atoms in total. The molecular weight excluding hydrogens is 207 g/mol. The van der Waals surface area contributed by atoms with Gasteiger partial charge in [0.15, 0.2) is 11.6 Å². The number of nitrogens with zero attached hydrogens (tertiary/aromatic N) is 2. The van der Waals surface area contributed by atoms with Gasteiger partial charge in [-0.1, -0.05) is 0 Å². The average molecular weight is 224 g/mol. The minimum atomic E-state index is -0.350. The summed E-state index contributed by atoms with van der Waals surface area (Å²) in [5.41, 5.74) is 0. The van der Waals surface area contributed by atoms with Gasteiger partial charge < -0.3 is 10.0 Å². The lowest BCUT2D eigenvalue weighted by Gasteiger charge is -2.26. The second-order valence-electron chi connectivity index (χ2n) is 4.38. The van der Waals surface area contributed by atoms with Gasteiger partial charge in [-0.3, -0.25) is 0 Å². The van der Waals surface area contributed by atoms with Gasteiger partial charge in [-0.2, -0.15) is 0 Å². The summed E-state index contributed by atoms with van der Waals surface area (Å²) in [4.78, 5) is 6.06. The molecular formula is C12H17FN2O. The van der Waals surface area contributed by atoms with Crippen LogP contribution in [0, 0.1) is 5.82 Å². The van der Waals surface area contributed by atoms with Crippen molar-refractivity contribution in [3.63, 3.8) is 0 Å². The van der Waals surface area contributed by atoms with Crippen LogP contribution in [0.5, 0.6) is 0 Å². The molecule has 2 atom stereocenters. The van der Waals surface area contributed by atoms with Gasteiger partial charge in [0.1, 0.15) is 0 Å². The Morgan fingerprint density at radius 2 is 2.50 bits per heavy atom. The third kappa shape index (κ3) is 2.32. The Labute approximate surface area is 94.9 Å². The van der Waals surface area contributed by atoms with Crippen LogP contribution in [0.15, 0.2) is 18.3 Å². The summed E-state index contributed by atoms with van der Waals surface area (Å²) in [6.45, 7) is 2.59. The fraction of sp³-hybridized carbons (Fsp3) is 0.583. The Balaban J connectivity index is 2.17. The van der Waals surface area contributed by atoms with Gasteiger partial charge in [0, 0.05) is 18.8 Å². The van der Waals surface area contributed by atoms with Crippen molar-refractivity contribution in [2.75, 3.05) is 11.4 Å². The molecule has 2 heterocycles. The molecule has 0 radical (unpaired) electrons. The van der Waals surface area contributed by atoms with E-state index in [1.807, 2.05) is 4.90 Å². The maximum atomic E-state index is 13.6. The quantitative estimate of drug-likeness (QED) is 0.852. The fourth-order valence-corrected chi connectivity index (χ4v) is 2.34. The monoisotopic (exact) mass is 224 g/mol. The van der Waals surface area contributed by atoms with E-state index >= 15 is 0 Å². The summed E-state index contributed by atoms with van der Waals surface area (Å²) in [5, 5.41) is 9.41. The molecule has 1 aliphatic heterocycles. The van der Waals surface area contributed by atoms with Crippen molar-refractivity contribution in [2.45, 2.75) is 38.3 Å². The van der Waals surface area contributed by atoms with Crippen molar-refractivity contribution < 1.29 is 9.50 Å². The number of aliphatic hydroxyl groups excluding tert-OH is 1. The molecule has 4 heteroatoms. The summed E-state index contributed by atoms with van der Waals surface area (Å²) < 4.78 is 13.6. The first-order valence-electron chi connectivity index (χ1n) is 5.73. The van der Waals surface area contributed by atoms with Gasteiger partial charge in [-0.05, 0) is 38.3 Å². The standard InChI is InChI=1S/C12H17FN2O/c1-9(16)8-10-4-3-7-15(10)12-11(13)5-2-6-14-12/h2,5-6,9-10,16H,3-4,7-8H2,1H3. The molecule has 0 amide bonds. The topological polar surface area (TPSA) is 36.4 Å². The van der Waals surface area contributed by atoms with E-state index in [0.29, 0.717) is 12.2 Å². The molecule has 1 N–H and O–H groups in total. The second kappa shape index (κ2) is 4.78. The molecule has 2 unspecified atom stereocenters. The minimum Gasteiger partial charge on any atom is -0.393 e. The van der Waals surface area contributed by atoms with Gasteiger partial charge in [0.25, 0.3) is 0 Å². The van der Waals surface area contributed by atoms with Gasteiger partial charge in [0.2, 0.25) is 0 Å². The Morgan fingerprint density at radius 3 is 3.19 bits per heavy atom. The Morgan fingerprint density at radius 1 is 1.69 bits per heavy atom. The largest absolute Gasteiger partial charge is 0.393 e. The smallest absolute Gasteiger partial charge is 0.165 e. The van der Waals surface area contributed by atoms with Gasteiger partial charge in [0.05, 0.1) is 6.10 Å². The van der Waals surface area contributed by atoms with E-state index in [1.165, 1.54) is 6.07 Å². The zero-order chi connectivity index (χ0) is 11.5. The molecule has 0 aliphatic carbocycles. The summed E-state index contributed by atoms with van der Waals surface area (Å²) >= 11 is 0. The Hall–Kier alpha value is -1.16. The van der Waals surface area contributed by atoms with E-state index in [2.05, 4.69) is 4.98 Å². The van der Waals surface area contributed by atoms with Gasteiger partial charge in [-0.15, -0.1) is 0 Å². The van der Waals surface area contributed by atoms with Crippen LogP contribution in [0.3, 0.4) is 0 Å². The number of halogens is 1. The maximum absolute atomic E-state index is 13.6. The number of anilines is 1. The lowest BCUT2D eigenvalue weighted by atomic mass is 10.1. The highest BCUT2D eigenvalue weighted by atomic mass is 19.1. The zero-order valence-corrected chi connectivity index (χ0v) is 9.43. The zero-order valence-electron chi connectivity index (χ0n) is 9.43. The predicted molar refractivity (Wildman–Crippen MR) is 60.9 cm³/mol. The molecule has 1 aromatic rings. The molecule has 1 aromatic heterocycles. The highest BCUT2D eigenvalue weighted by molar-refractivity contribution is 5.42. The van der Waals surface area contributed by atoms with Crippen molar-refractivity contribution in [2.24, 2.45) is 0 Å². The minimum absolute atomic E-state index is 0.212.